The molecule has 0 heterocycles. The zero-order chi connectivity index (χ0) is 10.9. The molecule has 3 aliphatic carbocycles. The maximum Gasteiger partial charge on any atom is 0.139 e. The summed E-state index contributed by atoms with van der Waals surface area (Å²) in [5, 5.41) is 9.92. The van der Waals surface area contributed by atoms with Crippen LogP contribution in [0.25, 0.3) is 0 Å². The largest absolute Gasteiger partial charge is 0.393 e. The molecule has 0 saturated heterocycles. The van der Waals surface area contributed by atoms with Gasteiger partial charge in [-0.1, -0.05) is 20.3 Å². The van der Waals surface area contributed by atoms with Gasteiger partial charge in [0, 0.05) is 11.8 Å². The van der Waals surface area contributed by atoms with Gasteiger partial charge in [0.2, 0.25) is 0 Å². The first-order valence-corrected chi connectivity index (χ1v) is 6.15. The highest BCUT2D eigenvalue weighted by Gasteiger charge is 2.72. The number of carbonyl (C=O) groups excluding carboxylic acids is 1. The van der Waals surface area contributed by atoms with Crippen molar-refractivity contribution < 1.29 is 9.90 Å². The third kappa shape index (κ3) is 0.848. The van der Waals surface area contributed by atoms with Gasteiger partial charge in [0.1, 0.15) is 5.78 Å². The quantitative estimate of drug-likeness (QED) is 0.663. The molecule has 0 aliphatic heterocycles. The zero-order valence-corrected chi connectivity index (χ0v) is 9.68. The van der Waals surface area contributed by atoms with Crippen LogP contribution in [0.3, 0.4) is 0 Å². The molecule has 4 atom stereocenters. The van der Waals surface area contributed by atoms with Crippen molar-refractivity contribution in [2.24, 2.45) is 16.2 Å². The molecular formula is C13H20O2. The van der Waals surface area contributed by atoms with E-state index in [9.17, 15) is 9.90 Å². The molecule has 84 valence electrons. The Bertz CT molecular complexity index is 337. The maximum absolute atomic E-state index is 12.2. The molecule has 3 rings (SSSR count). The van der Waals surface area contributed by atoms with Crippen LogP contribution in [0.5, 0.6) is 0 Å². The Morgan fingerprint density at radius 1 is 1.27 bits per heavy atom. The van der Waals surface area contributed by atoms with Crippen molar-refractivity contribution >= 4 is 5.78 Å². The Hall–Kier alpha value is -0.370. The van der Waals surface area contributed by atoms with Crippen LogP contribution in [0, 0.1) is 16.2 Å². The van der Waals surface area contributed by atoms with Gasteiger partial charge >= 0.3 is 0 Å². The van der Waals surface area contributed by atoms with Crippen molar-refractivity contribution in [1.29, 1.82) is 0 Å². The molecule has 0 unspecified atom stereocenters. The number of hydrogen-bond acceptors (Lipinski definition) is 2. The highest BCUT2D eigenvalue weighted by atomic mass is 16.3. The van der Waals surface area contributed by atoms with Crippen LogP contribution in [0.4, 0.5) is 0 Å². The number of Topliss-reactive ketones (excluding diaryl/α,β-unsaturated/α-hetero) is 1. The van der Waals surface area contributed by atoms with Crippen LogP contribution in [-0.4, -0.2) is 17.0 Å². The van der Waals surface area contributed by atoms with Gasteiger partial charge in [-0.2, -0.15) is 0 Å². The monoisotopic (exact) mass is 208 g/mol. The lowest BCUT2D eigenvalue weighted by Gasteiger charge is -2.42. The second-order valence-corrected chi connectivity index (χ2v) is 6.49. The van der Waals surface area contributed by atoms with Gasteiger partial charge in [-0.25, -0.2) is 0 Å². The smallest absolute Gasteiger partial charge is 0.139 e. The standard InChI is InChI=1S/C13H20O2/c1-11-4-3-5-13(11)7-9(14)6-12(13,2)10(15)8-11/h9,14H,3-8H2,1-2H3/t9-,11+,12+,13-/m0/s1. The molecule has 0 aromatic rings. The van der Waals surface area contributed by atoms with E-state index in [2.05, 4.69) is 13.8 Å². The first-order valence-electron chi connectivity index (χ1n) is 6.15. The summed E-state index contributed by atoms with van der Waals surface area (Å²) in [5.41, 5.74) is 0.116. The summed E-state index contributed by atoms with van der Waals surface area (Å²) in [4.78, 5) is 12.2. The zero-order valence-electron chi connectivity index (χ0n) is 9.68. The molecule has 0 amide bonds. The average Bonchev–Trinajstić information content (AvgIpc) is 2.60. The molecule has 3 aliphatic rings. The fraction of sp³-hybridized carbons (Fsp3) is 0.923. The van der Waals surface area contributed by atoms with Gasteiger partial charge < -0.3 is 5.11 Å². The molecule has 0 aromatic heterocycles. The Morgan fingerprint density at radius 2 is 2.00 bits per heavy atom. The molecular weight excluding hydrogens is 188 g/mol. The van der Waals surface area contributed by atoms with Gasteiger partial charge in [0.25, 0.3) is 0 Å². The van der Waals surface area contributed by atoms with Gasteiger partial charge in [-0.3, -0.25) is 4.79 Å². The van der Waals surface area contributed by atoms with E-state index in [1.807, 2.05) is 0 Å². The van der Waals surface area contributed by atoms with E-state index in [4.69, 9.17) is 0 Å². The Morgan fingerprint density at radius 3 is 2.73 bits per heavy atom. The first-order chi connectivity index (χ1) is 6.94. The van der Waals surface area contributed by atoms with Crippen LogP contribution >= 0.6 is 0 Å². The second-order valence-electron chi connectivity index (χ2n) is 6.49. The molecule has 0 bridgehead atoms. The molecule has 3 saturated carbocycles. The number of aliphatic hydroxyl groups excluding tert-OH is 1. The molecule has 3 fully saturated rings. The number of rotatable bonds is 0. The number of ketones is 1. The summed E-state index contributed by atoms with van der Waals surface area (Å²) in [6, 6.07) is 0. The minimum atomic E-state index is -0.239. The first kappa shape index (κ1) is 9.83. The number of carbonyl (C=O) groups is 1. The summed E-state index contributed by atoms with van der Waals surface area (Å²) in [6.07, 6.45) is 5.68. The van der Waals surface area contributed by atoms with E-state index >= 15 is 0 Å². The van der Waals surface area contributed by atoms with E-state index in [0.717, 1.165) is 19.3 Å². The van der Waals surface area contributed by atoms with Crippen LogP contribution in [0.15, 0.2) is 0 Å². The van der Waals surface area contributed by atoms with Crippen LogP contribution in [0.2, 0.25) is 0 Å². The highest BCUT2D eigenvalue weighted by molar-refractivity contribution is 5.90. The van der Waals surface area contributed by atoms with Crippen LogP contribution < -0.4 is 0 Å². The second kappa shape index (κ2) is 2.48. The highest BCUT2D eigenvalue weighted by Crippen LogP contribution is 2.74. The van der Waals surface area contributed by atoms with E-state index in [1.54, 1.807) is 0 Å². The van der Waals surface area contributed by atoms with E-state index in [0.29, 0.717) is 12.2 Å². The molecule has 15 heavy (non-hydrogen) atoms. The third-order valence-corrected chi connectivity index (χ3v) is 5.94. The van der Waals surface area contributed by atoms with E-state index in [-0.39, 0.29) is 22.3 Å². The lowest BCUT2D eigenvalue weighted by Crippen LogP contribution is -2.38. The summed E-state index contributed by atoms with van der Waals surface area (Å²) in [6.45, 7) is 4.39. The molecule has 2 nitrogen and oxygen atoms in total. The predicted octanol–water partition coefficient (Wildman–Crippen LogP) is 2.30. The fourth-order valence-electron chi connectivity index (χ4n) is 5.17. The molecule has 1 spiro atoms. The minimum absolute atomic E-state index is 0.135. The van der Waals surface area contributed by atoms with Gasteiger partial charge in [0.15, 0.2) is 0 Å². The van der Waals surface area contributed by atoms with Crippen LogP contribution in [-0.2, 0) is 4.79 Å². The van der Waals surface area contributed by atoms with Crippen molar-refractivity contribution in [1.82, 2.24) is 0 Å². The summed E-state index contributed by atoms with van der Waals surface area (Å²) in [7, 11) is 0. The lowest BCUT2D eigenvalue weighted by molar-refractivity contribution is -0.128. The van der Waals surface area contributed by atoms with E-state index in [1.165, 1.54) is 12.8 Å². The summed E-state index contributed by atoms with van der Waals surface area (Å²) in [5.74, 6) is 0.418. The normalized spacial score (nSPS) is 58.3. The summed E-state index contributed by atoms with van der Waals surface area (Å²) < 4.78 is 0. The molecule has 2 heteroatoms. The molecule has 1 N–H and O–H groups in total. The average molecular weight is 208 g/mol. The third-order valence-electron chi connectivity index (χ3n) is 5.94. The molecule has 0 radical (unpaired) electrons. The van der Waals surface area contributed by atoms with E-state index < -0.39 is 0 Å². The topological polar surface area (TPSA) is 37.3 Å². The van der Waals surface area contributed by atoms with Crippen LogP contribution in [0.1, 0.15) is 52.4 Å². The minimum Gasteiger partial charge on any atom is -0.393 e. The van der Waals surface area contributed by atoms with Crippen molar-refractivity contribution in [2.45, 2.75) is 58.5 Å². The predicted molar refractivity (Wildman–Crippen MR) is 57.4 cm³/mol. The van der Waals surface area contributed by atoms with Crippen molar-refractivity contribution in [3.63, 3.8) is 0 Å². The Kier molecular flexibility index (Phi) is 1.62. The fourth-order valence-corrected chi connectivity index (χ4v) is 5.17. The summed E-state index contributed by atoms with van der Waals surface area (Å²) >= 11 is 0. The van der Waals surface area contributed by atoms with Crippen molar-refractivity contribution in [3.05, 3.63) is 0 Å². The van der Waals surface area contributed by atoms with Gasteiger partial charge in [-0.05, 0) is 36.5 Å². The van der Waals surface area contributed by atoms with Crippen molar-refractivity contribution in [2.75, 3.05) is 0 Å². The number of aliphatic hydroxyl groups is 1. The van der Waals surface area contributed by atoms with Gasteiger partial charge in [0.05, 0.1) is 6.10 Å². The Labute approximate surface area is 91.1 Å². The molecule has 0 aromatic carbocycles. The maximum atomic E-state index is 12.2. The Balaban J connectivity index is 2.16. The van der Waals surface area contributed by atoms with Crippen molar-refractivity contribution in [3.8, 4) is 0 Å². The van der Waals surface area contributed by atoms with Gasteiger partial charge in [-0.15, -0.1) is 0 Å². The number of hydrogen-bond donors (Lipinski definition) is 1. The SMILES string of the molecule is C[C@]12CCC[C@]13C[C@@H](O)C[C@]3(C)C(=O)C2. The lowest BCUT2D eigenvalue weighted by atomic mass is 9.61.